The number of nitrogens with one attached hydrogen (secondary N) is 1. The number of ether oxygens (including phenoxy) is 1. The van der Waals surface area contributed by atoms with E-state index in [0.29, 0.717) is 5.69 Å². The molecule has 1 heterocycles. The van der Waals surface area contributed by atoms with E-state index in [1.165, 1.54) is 25.3 Å². The zero-order valence-corrected chi connectivity index (χ0v) is 13.3. The number of carbonyl (C=O) groups is 2. The number of aliphatic carboxylic acids is 1. The fourth-order valence-electron chi connectivity index (χ4n) is 1.77. The first-order valence-electron chi connectivity index (χ1n) is 6.85. The Morgan fingerprint density at radius 1 is 1.50 bits per heavy atom. The second kappa shape index (κ2) is 7.73. The van der Waals surface area contributed by atoms with Gasteiger partial charge >= 0.3 is 5.97 Å². The maximum atomic E-state index is 13.0. The number of nitrogens with zero attached hydrogens (tertiary/aromatic N) is 3. The summed E-state index contributed by atoms with van der Waals surface area (Å²) in [5.41, 5.74) is 0.400. The van der Waals surface area contributed by atoms with Crippen molar-refractivity contribution >= 4 is 23.5 Å². The SMILES string of the molecule is CC(Oc1ccc(F)cc1Cl)C(=O)NCc1cn(CC(=O)O)nn1. The number of hydrogen-bond acceptors (Lipinski definition) is 5. The molecule has 1 amide bonds. The summed E-state index contributed by atoms with van der Waals surface area (Å²) in [4.78, 5) is 22.5. The molecule has 1 aromatic carbocycles. The maximum absolute atomic E-state index is 13.0. The minimum absolute atomic E-state index is 0.0588. The van der Waals surface area contributed by atoms with Gasteiger partial charge in [0, 0.05) is 0 Å². The molecule has 128 valence electrons. The van der Waals surface area contributed by atoms with Crippen LogP contribution in [0.3, 0.4) is 0 Å². The van der Waals surface area contributed by atoms with Gasteiger partial charge in [-0.15, -0.1) is 5.10 Å². The van der Waals surface area contributed by atoms with Gasteiger partial charge in [0.2, 0.25) is 0 Å². The lowest BCUT2D eigenvalue weighted by atomic mass is 10.3. The van der Waals surface area contributed by atoms with Gasteiger partial charge in [0.15, 0.2) is 6.10 Å². The Morgan fingerprint density at radius 3 is 2.92 bits per heavy atom. The van der Waals surface area contributed by atoms with E-state index in [-0.39, 0.29) is 23.9 Å². The number of carboxylic acid groups (broad SMARTS) is 1. The normalized spacial score (nSPS) is 11.8. The predicted molar refractivity (Wildman–Crippen MR) is 81.0 cm³/mol. The largest absolute Gasteiger partial charge is 0.480 e. The quantitative estimate of drug-likeness (QED) is 0.773. The van der Waals surface area contributed by atoms with Crippen LogP contribution in [-0.4, -0.2) is 38.1 Å². The van der Waals surface area contributed by atoms with Gasteiger partial charge < -0.3 is 15.2 Å². The Balaban J connectivity index is 1.87. The van der Waals surface area contributed by atoms with Gasteiger partial charge in [-0.2, -0.15) is 0 Å². The Labute approximate surface area is 141 Å². The number of amides is 1. The number of rotatable bonds is 7. The zero-order chi connectivity index (χ0) is 17.7. The highest BCUT2D eigenvalue weighted by atomic mass is 35.5. The first kappa shape index (κ1) is 17.7. The first-order valence-corrected chi connectivity index (χ1v) is 7.23. The standard InChI is InChI=1S/C14H14ClFN4O4/c1-8(24-12-3-2-9(16)4-11(12)15)14(23)17-5-10-6-20(19-18-10)7-13(21)22/h2-4,6,8H,5,7H2,1H3,(H,17,23)(H,21,22). The Bertz CT molecular complexity index is 752. The monoisotopic (exact) mass is 356 g/mol. The Hall–Kier alpha value is -2.68. The van der Waals surface area contributed by atoms with Crippen LogP contribution in [0.2, 0.25) is 5.02 Å². The number of halogens is 2. The van der Waals surface area contributed by atoms with Gasteiger partial charge in [-0.3, -0.25) is 9.59 Å². The van der Waals surface area contributed by atoms with Crippen molar-refractivity contribution in [2.24, 2.45) is 0 Å². The molecule has 24 heavy (non-hydrogen) atoms. The van der Waals surface area contributed by atoms with Crippen molar-refractivity contribution < 1.29 is 23.8 Å². The van der Waals surface area contributed by atoms with Crippen molar-refractivity contribution in [2.45, 2.75) is 26.1 Å². The highest BCUT2D eigenvalue weighted by molar-refractivity contribution is 6.32. The number of carboxylic acids is 1. The van der Waals surface area contributed by atoms with Crippen molar-refractivity contribution in [2.75, 3.05) is 0 Å². The molecule has 2 aromatic rings. The van der Waals surface area contributed by atoms with Crippen LogP contribution in [0, 0.1) is 5.82 Å². The molecule has 1 atom stereocenters. The summed E-state index contributed by atoms with van der Waals surface area (Å²) < 4.78 is 19.5. The molecular formula is C14H14ClFN4O4. The summed E-state index contributed by atoms with van der Waals surface area (Å²) in [6.45, 7) is 1.25. The van der Waals surface area contributed by atoms with Crippen molar-refractivity contribution in [3.05, 3.63) is 40.9 Å². The molecule has 2 rings (SSSR count). The lowest BCUT2D eigenvalue weighted by molar-refractivity contribution is -0.138. The van der Waals surface area contributed by atoms with E-state index in [0.717, 1.165) is 10.7 Å². The van der Waals surface area contributed by atoms with Gasteiger partial charge in [-0.05, 0) is 25.1 Å². The van der Waals surface area contributed by atoms with Crippen LogP contribution in [0.5, 0.6) is 5.75 Å². The summed E-state index contributed by atoms with van der Waals surface area (Å²) >= 11 is 5.83. The second-order valence-corrected chi connectivity index (χ2v) is 5.26. The molecule has 2 N–H and O–H groups in total. The average molecular weight is 357 g/mol. The molecule has 0 spiro atoms. The third kappa shape index (κ3) is 4.92. The van der Waals surface area contributed by atoms with E-state index in [9.17, 15) is 14.0 Å². The minimum Gasteiger partial charge on any atom is -0.480 e. The van der Waals surface area contributed by atoms with Crippen LogP contribution in [0.4, 0.5) is 4.39 Å². The molecule has 0 aliphatic carbocycles. The smallest absolute Gasteiger partial charge is 0.325 e. The first-order chi connectivity index (χ1) is 11.3. The fourth-order valence-corrected chi connectivity index (χ4v) is 1.98. The predicted octanol–water partition coefficient (Wildman–Crippen LogP) is 1.24. The van der Waals surface area contributed by atoms with Gasteiger partial charge in [0.1, 0.15) is 23.8 Å². The van der Waals surface area contributed by atoms with Crippen LogP contribution < -0.4 is 10.1 Å². The summed E-state index contributed by atoms with van der Waals surface area (Å²) in [7, 11) is 0. The molecular weight excluding hydrogens is 343 g/mol. The van der Waals surface area contributed by atoms with Crippen molar-refractivity contribution in [3.63, 3.8) is 0 Å². The van der Waals surface area contributed by atoms with E-state index >= 15 is 0 Å². The zero-order valence-electron chi connectivity index (χ0n) is 12.6. The van der Waals surface area contributed by atoms with E-state index in [4.69, 9.17) is 21.4 Å². The fraction of sp³-hybridized carbons (Fsp3) is 0.286. The van der Waals surface area contributed by atoms with Gasteiger partial charge in [0.25, 0.3) is 5.91 Å². The average Bonchev–Trinajstić information content (AvgIpc) is 2.94. The number of aromatic nitrogens is 3. The maximum Gasteiger partial charge on any atom is 0.325 e. The highest BCUT2D eigenvalue weighted by Crippen LogP contribution is 2.25. The van der Waals surface area contributed by atoms with Crippen molar-refractivity contribution in [3.8, 4) is 5.75 Å². The Morgan fingerprint density at radius 2 is 2.25 bits per heavy atom. The highest BCUT2D eigenvalue weighted by Gasteiger charge is 2.16. The molecule has 0 fully saturated rings. The number of carbonyl (C=O) groups excluding carboxylic acids is 1. The summed E-state index contributed by atoms with van der Waals surface area (Å²) in [5.74, 6) is -1.81. The molecule has 0 aliphatic heterocycles. The third-order valence-electron chi connectivity index (χ3n) is 2.89. The molecule has 10 heteroatoms. The summed E-state index contributed by atoms with van der Waals surface area (Å²) in [6, 6.07) is 3.59. The van der Waals surface area contributed by atoms with E-state index in [2.05, 4.69) is 15.6 Å². The third-order valence-corrected chi connectivity index (χ3v) is 3.19. The van der Waals surface area contributed by atoms with E-state index in [1.54, 1.807) is 0 Å². The summed E-state index contributed by atoms with van der Waals surface area (Å²) in [5, 5.41) is 18.6. The van der Waals surface area contributed by atoms with Crippen LogP contribution in [0.1, 0.15) is 12.6 Å². The van der Waals surface area contributed by atoms with Crippen molar-refractivity contribution in [1.82, 2.24) is 20.3 Å². The lowest BCUT2D eigenvalue weighted by Crippen LogP contribution is -2.36. The van der Waals surface area contributed by atoms with Crippen LogP contribution >= 0.6 is 11.6 Å². The molecule has 0 saturated carbocycles. The molecule has 8 nitrogen and oxygen atoms in total. The molecule has 0 aliphatic rings. The summed E-state index contributed by atoms with van der Waals surface area (Å²) in [6.07, 6.45) is 0.540. The van der Waals surface area contributed by atoms with Gasteiger partial charge in [-0.25, -0.2) is 9.07 Å². The molecule has 1 aromatic heterocycles. The van der Waals surface area contributed by atoms with Gasteiger partial charge in [0.05, 0.1) is 17.8 Å². The van der Waals surface area contributed by atoms with Crippen molar-refractivity contribution in [1.29, 1.82) is 0 Å². The molecule has 0 saturated heterocycles. The second-order valence-electron chi connectivity index (χ2n) is 4.85. The minimum atomic E-state index is -1.05. The topological polar surface area (TPSA) is 106 Å². The number of benzene rings is 1. The molecule has 0 bridgehead atoms. The van der Waals surface area contributed by atoms with E-state index < -0.39 is 23.8 Å². The molecule has 0 radical (unpaired) electrons. The molecule has 1 unspecified atom stereocenters. The number of hydrogen-bond donors (Lipinski definition) is 2. The van der Waals surface area contributed by atoms with Gasteiger partial charge in [-0.1, -0.05) is 16.8 Å². The van der Waals surface area contributed by atoms with Crippen LogP contribution in [0.15, 0.2) is 24.4 Å². The van der Waals surface area contributed by atoms with E-state index in [1.807, 2.05) is 0 Å². The van der Waals surface area contributed by atoms with Crippen LogP contribution in [-0.2, 0) is 22.7 Å². The van der Waals surface area contributed by atoms with Crippen LogP contribution in [0.25, 0.3) is 0 Å². The Kier molecular flexibility index (Phi) is 5.69. The lowest BCUT2D eigenvalue weighted by Gasteiger charge is -2.15.